The maximum atomic E-state index is 8.60. The van der Waals surface area contributed by atoms with Gasteiger partial charge in [-0.15, -0.1) is 22.7 Å². The monoisotopic (exact) mass is 1590 g/mol. The molecule has 4 heteroatoms. The van der Waals surface area contributed by atoms with Crippen LogP contribution >= 0.6 is 22.7 Å². The van der Waals surface area contributed by atoms with E-state index in [-0.39, 0.29) is 78.3 Å². The smallest absolute Gasteiger partial charge is 0.143 e. The van der Waals surface area contributed by atoms with Gasteiger partial charge in [0.1, 0.15) is 22.3 Å². The second-order valence-electron chi connectivity index (χ2n) is 43.2. The van der Waals surface area contributed by atoms with Crippen molar-refractivity contribution in [2.24, 2.45) is 0 Å². The highest BCUT2D eigenvalue weighted by atomic mass is 32.1. The van der Waals surface area contributed by atoms with Crippen molar-refractivity contribution in [3.05, 3.63) is 286 Å². The van der Waals surface area contributed by atoms with Crippen LogP contribution in [0.5, 0.6) is 0 Å². The van der Waals surface area contributed by atoms with Crippen molar-refractivity contribution >= 4 is 107 Å². The van der Waals surface area contributed by atoms with Gasteiger partial charge in [-0.25, -0.2) is 0 Å². The molecule has 4 aromatic heterocycles. The first-order valence-electron chi connectivity index (χ1n) is 44.3. The first kappa shape index (κ1) is 80.1. The van der Waals surface area contributed by atoms with Gasteiger partial charge in [-0.3, -0.25) is 0 Å². The second-order valence-corrected chi connectivity index (χ2v) is 45.4. The van der Waals surface area contributed by atoms with E-state index in [0.29, 0.717) is 11.1 Å². The summed E-state index contributed by atoms with van der Waals surface area (Å²) >= 11 is 3.68. The van der Waals surface area contributed by atoms with Crippen LogP contribution in [0.15, 0.2) is 233 Å². The summed E-state index contributed by atoms with van der Waals surface area (Å²) in [7, 11) is 0. The van der Waals surface area contributed by atoms with Gasteiger partial charge >= 0.3 is 0 Å². The van der Waals surface area contributed by atoms with E-state index in [1.54, 1.807) is 18.3 Å². The maximum Gasteiger partial charge on any atom is 0.143 e. The molecule has 0 N–H and O–H groups in total. The van der Waals surface area contributed by atoms with Crippen LogP contribution in [0.4, 0.5) is 0 Å². The molecule has 12 aromatic carbocycles. The number of rotatable bonds is 4. The molecule has 0 unspecified atom stereocenters. The van der Waals surface area contributed by atoms with Crippen LogP contribution in [0.25, 0.3) is 129 Å². The quantitative estimate of drug-likeness (QED) is 0.176. The topological polar surface area (TPSA) is 26.3 Å². The van der Waals surface area contributed by atoms with Crippen molar-refractivity contribution < 1.29 is 14.3 Å². The average molecular weight is 1590 g/mol. The van der Waals surface area contributed by atoms with E-state index in [1.165, 1.54) is 141 Å². The molecule has 0 radical (unpaired) electrons. The molecule has 606 valence electrons. The van der Waals surface area contributed by atoms with Crippen LogP contribution in [0, 0.1) is 6.92 Å². The number of benzene rings is 12. The van der Waals surface area contributed by atoms with E-state index in [0.717, 1.165) is 38.0 Å². The minimum atomic E-state index is -0.115. The first-order chi connectivity index (χ1) is 55.9. The van der Waals surface area contributed by atoms with Gasteiger partial charge in [-0.2, -0.15) is 0 Å². The van der Waals surface area contributed by atoms with Crippen molar-refractivity contribution in [3.63, 3.8) is 0 Å². The van der Waals surface area contributed by atoms with Gasteiger partial charge in [-0.05, 0) is 174 Å². The molecule has 16 rings (SSSR count). The number of hydrogen-bond donors (Lipinski definition) is 0. The summed E-state index contributed by atoms with van der Waals surface area (Å²) in [5.74, 6) is 0. The fraction of sp³-hybridized carbons (Fsp3) is 0.363. The molecule has 0 spiro atoms. The van der Waals surface area contributed by atoms with Gasteiger partial charge in [0, 0.05) is 73.0 Å². The van der Waals surface area contributed by atoms with E-state index >= 15 is 0 Å². The number of fused-ring (bicyclic) bond motifs is 12. The van der Waals surface area contributed by atoms with Gasteiger partial charge in [-0.1, -0.05) is 413 Å². The van der Waals surface area contributed by atoms with Crippen molar-refractivity contribution in [2.75, 3.05) is 0 Å². The van der Waals surface area contributed by atoms with Crippen LogP contribution in [-0.2, 0) is 54.1 Å². The zero-order valence-electron chi connectivity index (χ0n) is 80.2. The minimum absolute atomic E-state index is 0.0269. The van der Waals surface area contributed by atoms with Crippen molar-refractivity contribution in [2.45, 2.75) is 269 Å². The Morgan fingerprint density at radius 2 is 0.598 bits per heavy atom. The Bertz CT molecular complexity index is 6340. The summed E-state index contributed by atoms with van der Waals surface area (Å²) < 4.78 is 51.5. The highest BCUT2D eigenvalue weighted by Crippen LogP contribution is 2.50. The highest BCUT2D eigenvalue weighted by Gasteiger charge is 2.31. The largest absolute Gasteiger partial charge is 0.456 e. The molecule has 117 heavy (non-hydrogen) atoms. The molecule has 0 aliphatic carbocycles. The third-order valence-corrected chi connectivity index (χ3v) is 25.7. The summed E-state index contributed by atoms with van der Waals surface area (Å²) in [6, 6.07) is 73.5. The third kappa shape index (κ3) is 17.7. The molecule has 4 heterocycles. The maximum absolute atomic E-state index is 8.60. The molecule has 0 aliphatic heterocycles. The lowest BCUT2D eigenvalue weighted by Gasteiger charge is -2.26. The SMILES string of the molecule is CC(C)(C)c1cc(-c2cccc3c2oc2c(C(C)(C)C)cccc23)cc(C(C)(C)C)c1.CC(C)(C)c1cc(-c2cccc3c2sc2c(C(C)(C)C)cccc23)cc(C(C)(C)C)c1.CC(C)(C)c1cc(-c2cccc3oc4cccc(C(C)(C)C)c4c23)cc(C(C)(C)C)c1.[2H]c1c([2H])c(C)c([2H])c(-c2cccc3sc4cccc(C(C)(C)C)c4c23)c1[2H]. The Kier molecular flexibility index (Phi) is 21.1. The van der Waals surface area contributed by atoms with E-state index in [2.05, 4.69) is 396 Å². The lowest BCUT2D eigenvalue weighted by atomic mass is 9.78. The minimum Gasteiger partial charge on any atom is -0.456 e. The van der Waals surface area contributed by atoms with Gasteiger partial charge in [0.25, 0.3) is 0 Å². The van der Waals surface area contributed by atoms with E-state index < -0.39 is 0 Å². The van der Waals surface area contributed by atoms with Crippen LogP contribution in [0.2, 0.25) is 0 Å². The van der Waals surface area contributed by atoms with Crippen molar-refractivity contribution in [3.8, 4) is 44.5 Å². The Balaban J connectivity index is 0.000000139. The molecule has 0 amide bonds. The van der Waals surface area contributed by atoms with E-state index in [4.69, 9.17) is 14.3 Å². The van der Waals surface area contributed by atoms with Gasteiger partial charge in [0.2, 0.25) is 0 Å². The van der Waals surface area contributed by atoms with E-state index in [9.17, 15) is 0 Å². The van der Waals surface area contributed by atoms with Crippen LogP contribution < -0.4 is 0 Å². The van der Waals surface area contributed by atoms with Gasteiger partial charge in [0.05, 0.1) is 5.48 Å². The molecule has 2 nitrogen and oxygen atoms in total. The standard InChI is InChI=1S/2C30H36O.C30H36S.C23H22S/c1-28(2,3)20-16-19(17-21(18-20)29(4,5)6)22-12-10-14-24-26(22)27-23(30(7,8)9)13-11-15-25(27)31-24;2*1-28(2,3)20-16-19(17-21(18-20)29(4,5)6)22-12-10-13-23-24-14-11-15-25(30(7,8)9)27(24)31-26(22)23;1-15-8-5-9-16(14-15)17-10-6-12-19-21(17)22-18(23(2,3)4)11-7-13-20(22)24-19/h3*10-18H,1-9H3;5-14H,1-4H3/i;;;5D,8D,9D,14D. The van der Waals surface area contributed by atoms with Crippen LogP contribution in [0.3, 0.4) is 0 Å². The predicted octanol–water partition coefficient (Wildman–Crippen LogP) is 35.2. The molecule has 0 bridgehead atoms. The average Bonchev–Trinajstić information content (AvgIpc) is 1.65. The first-order valence-corrected chi connectivity index (χ1v) is 43.9. The Hall–Kier alpha value is -9.32. The molecule has 0 aliphatic rings. The van der Waals surface area contributed by atoms with Gasteiger partial charge < -0.3 is 8.83 Å². The lowest BCUT2D eigenvalue weighted by Crippen LogP contribution is -2.16. The highest BCUT2D eigenvalue weighted by molar-refractivity contribution is 7.26. The molecule has 0 saturated heterocycles. The Morgan fingerprint density at radius 1 is 0.256 bits per heavy atom. The Labute approximate surface area is 715 Å². The van der Waals surface area contributed by atoms with Crippen molar-refractivity contribution in [1.29, 1.82) is 0 Å². The fourth-order valence-electron chi connectivity index (χ4n) is 16.2. The third-order valence-electron chi connectivity index (χ3n) is 23.3. The van der Waals surface area contributed by atoms with Crippen LogP contribution in [0.1, 0.15) is 274 Å². The molecular formula is C113H130O2S2. The molecule has 0 fully saturated rings. The summed E-state index contributed by atoms with van der Waals surface area (Å²) in [6.07, 6.45) is 0. The lowest BCUT2D eigenvalue weighted by molar-refractivity contribution is 0.568. The number of para-hydroxylation sites is 2. The second kappa shape index (κ2) is 30.8. The fourth-order valence-corrected chi connectivity index (χ4v) is 18.9. The van der Waals surface area contributed by atoms with E-state index in [1.807, 2.05) is 23.5 Å². The number of hydrogen-bond acceptors (Lipinski definition) is 4. The number of thiophene rings is 2. The summed E-state index contributed by atoms with van der Waals surface area (Å²) in [5, 5.41) is 9.85. The molecule has 0 atom stereocenters. The summed E-state index contributed by atoms with van der Waals surface area (Å²) in [6.45, 7) is 70.2. The summed E-state index contributed by atoms with van der Waals surface area (Å²) in [4.78, 5) is 0. The zero-order valence-corrected chi connectivity index (χ0v) is 77.8. The molecule has 0 saturated carbocycles. The molecule has 16 aromatic rings. The number of furan rings is 2. The van der Waals surface area contributed by atoms with Crippen molar-refractivity contribution in [1.82, 2.24) is 0 Å². The molecular weight excluding hydrogens is 1450 g/mol. The predicted molar refractivity (Wildman–Crippen MR) is 520 cm³/mol. The summed E-state index contributed by atoms with van der Waals surface area (Å²) in [5.41, 5.74) is 27.5. The van der Waals surface area contributed by atoms with Gasteiger partial charge in [0.15, 0.2) is 0 Å². The van der Waals surface area contributed by atoms with Crippen LogP contribution in [-0.4, -0.2) is 0 Å². The Morgan fingerprint density at radius 3 is 1.08 bits per heavy atom. The zero-order chi connectivity index (χ0) is 88.7. The normalized spacial score (nSPS) is 13.6.